The molecule has 0 radical (unpaired) electrons. The summed E-state index contributed by atoms with van der Waals surface area (Å²) < 4.78 is 5.16. The van der Waals surface area contributed by atoms with Crippen LogP contribution < -0.4 is 10.3 Å². The number of phenols is 3. The van der Waals surface area contributed by atoms with Crippen LogP contribution in [0.5, 0.6) is 23.0 Å². The monoisotopic (exact) mass is 365 g/mol. The Morgan fingerprint density at radius 3 is 2.26 bits per heavy atom. The molecule has 0 saturated heterocycles. The molecule has 8 nitrogen and oxygen atoms in total. The molecule has 0 amide bonds. The highest BCUT2D eigenvalue weighted by Crippen LogP contribution is 2.43. The van der Waals surface area contributed by atoms with Gasteiger partial charge >= 0.3 is 0 Å². The lowest BCUT2D eigenvalue weighted by Gasteiger charge is -2.13. The summed E-state index contributed by atoms with van der Waals surface area (Å²) in [6.07, 6.45) is 0. The number of phenolic OH excluding ortho intramolecular Hbond substituents is 3. The molecular formula is C19H15N3O5. The molecule has 4 aromatic rings. The number of H-pyrrole nitrogens is 2. The van der Waals surface area contributed by atoms with E-state index in [1.54, 1.807) is 37.4 Å². The van der Waals surface area contributed by atoms with Crippen molar-refractivity contribution in [3.8, 4) is 45.4 Å². The lowest BCUT2D eigenvalue weighted by molar-refractivity contribution is 0.415. The topological polar surface area (TPSA) is 131 Å². The fraction of sp³-hybridized carbons (Fsp3) is 0.0526. The Morgan fingerprint density at radius 1 is 0.963 bits per heavy atom. The van der Waals surface area contributed by atoms with Crippen LogP contribution in [-0.4, -0.2) is 37.6 Å². The number of nitrogens with one attached hydrogen (secondary N) is 2. The Labute approximate surface area is 152 Å². The lowest BCUT2D eigenvalue weighted by atomic mass is 9.97. The van der Waals surface area contributed by atoms with Crippen molar-refractivity contribution in [3.63, 3.8) is 0 Å². The third kappa shape index (κ3) is 2.73. The van der Waals surface area contributed by atoms with Gasteiger partial charge in [0.15, 0.2) is 5.65 Å². The maximum atomic E-state index is 12.0. The van der Waals surface area contributed by atoms with Gasteiger partial charge in [-0.3, -0.25) is 15.0 Å². The van der Waals surface area contributed by atoms with Crippen molar-refractivity contribution < 1.29 is 20.1 Å². The number of pyridine rings is 1. The zero-order chi connectivity index (χ0) is 19.1. The second-order valence-electron chi connectivity index (χ2n) is 5.95. The quantitative estimate of drug-likeness (QED) is 0.379. The SMILES string of the molecule is COc1ccc(-c2cc3c(=O)[nH][nH]c3nc2-c2c(O)cc(O)cc2O)cc1. The van der Waals surface area contributed by atoms with Crippen LogP contribution in [0.3, 0.4) is 0 Å². The van der Waals surface area contributed by atoms with E-state index >= 15 is 0 Å². The van der Waals surface area contributed by atoms with Crippen LogP contribution in [0.1, 0.15) is 0 Å². The zero-order valence-electron chi connectivity index (χ0n) is 14.1. The summed E-state index contributed by atoms with van der Waals surface area (Å²) in [5.41, 5.74) is 1.46. The summed E-state index contributed by atoms with van der Waals surface area (Å²) in [6.45, 7) is 0. The maximum Gasteiger partial charge on any atom is 0.273 e. The maximum absolute atomic E-state index is 12.0. The summed E-state index contributed by atoms with van der Waals surface area (Å²) in [5.74, 6) is -0.306. The number of aromatic nitrogens is 3. The fourth-order valence-electron chi connectivity index (χ4n) is 2.99. The number of aromatic hydroxyl groups is 3. The molecule has 2 heterocycles. The Kier molecular flexibility index (Phi) is 3.73. The number of rotatable bonds is 3. The highest BCUT2D eigenvalue weighted by Gasteiger charge is 2.20. The lowest BCUT2D eigenvalue weighted by Crippen LogP contribution is -1.99. The number of aromatic amines is 2. The van der Waals surface area contributed by atoms with Gasteiger partial charge < -0.3 is 20.1 Å². The molecule has 0 spiro atoms. The zero-order valence-corrected chi connectivity index (χ0v) is 14.1. The van der Waals surface area contributed by atoms with Crippen LogP contribution in [0.2, 0.25) is 0 Å². The summed E-state index contributed by atoms with van der Waals surface area (Å²) in [7, 11) is 1.56. The molecule has 0 unspecified atom stereocenters. The van der Waals surface area contributed by atoms with Gasteiger partial charge in [-0.25, -0.2) is 4.98 Å². The number of benzene rings is 2. The molecule has 0 atom stereocenters. The van der Waals surface area contributed by atoms with Gasteiger partial charge in [-0.15, -0.1) is 0 Å². The number of fused-ring (bicyclic) bond motifs is 1. The van der Waals surface area contributed by atoms with E-state index in [0.717, 1.165) is 12.1 Å². The van der Waals surface area contributed by atoms with E-state index in [1.165, 1.54) is 0 Å². The van der Waals surface area contributed by atoms with Gasteiger partial charge in [0.25, 0.3) is 5.56 Å². The minimum absolute atomic E-state index is 0.0440. The summed E-state index contributed by atoms with van der Waals surface area (Å²) in [4.78, 5) is 16.4. The normalized spacial score (nSPS) is 11.0. The Morgan fingerprint density at radius 2 is 1.63 bits per heavy atom. The average Bonchev–Trinajstić information content (AvgIpc) is 3.00. The minimum atomic E-state index is -0.341. The molecule has 0 aliphatic carbocycles. The van der Waals surface area contributed by atoms with Crippen LogP contribution >= 0.6 is 0 Å². The third-order valence-corrected chi connectivity index (χ3v) is 4.28. The van der Waals surface area contributed by atoms with Crippen LogP contribution in [0.4, 0.5) is 0 Å². The molecule has 0 saturated carbocycles. The highest BCUT2D eigenvalue weighted by atomic mass is 16.5. The van der Waals surface area contributed by atoms with Gasteiger partial charge in [0.2, 0.25) is 0 Å². The van der Waals surface area contributed by atoms with Crippen LogP contribution in [0.15, 0.2) is 47.3 Å². The molecule has 136 valence electrons. The Bertz CT molecular complexity index is 1190. The number of methoxy groups -OCH3 is 1. The van der Waals surface area contributed by atoms with Crippen molar-refractivity contribution in [1.29, 1.82) is 0 Å². The Balaban J connectivity index is 2.05. The molecule has 8 heteroatoms. The average molecular weight is 365 g/mol. The number of hydrogen-bond acceptors (Lipinski definition) is 6. The van der Waals surface area contributed by atoms with Crippen LogP contribution in [0, 0.1) is 0 Å². The van der Waals surface area contributed by atoms with Crippen molar-refractivity contribution in [2.75, 3.05) is 7.11 Å². The summed E-state index contributed by atoms with van der Waals surface area (Å²) >= 11 is 0. The molecule has 2 aromatic heterocycles. The van der Waals surface area contributed by atoms with E-state index in [-0.39, 0.29) is 39.7 Å². The first-order chi connectivity index (χ1) is 13.0. The molecule has 0 aliphatic heterocycles. The van der Waals surface area contributed by atoms with Gasteiger partial charge in [-0.2, -0.15) is 0 Å². The van der Waals surface area contributed by atoms with Gasteiger partial charge in [-0.05, 0) is 23.8 Å². The predicted octanol–water partition coefficient (Wildman–Crippen LogP) is 2.71. The predicted molar refractivity (Wildman–Crippen MR) is 99.1 cm³/mol. The first-order valence-electron chi connectivity index (χ1n) is 7.99. The van der Waals surface area contributed by atoms with Crippen molar-refractivity contribution in [2.45, 2.75) is 0 Å². The van der Waals surface area contributed by atoms with E-state index in [9.17, 15) is 20.1 Å². The smallest absolute Gasteiger partial charge is 0.273 e. The van der Waals surface area contributed by atoms with E-state index in [0.29, 0.717) is 22.3 Å². The number of ether oxygens (including phenoxy) is 1. The highest BCUT2D eigenvalue weighted by molar-refractivity contribution is 5.93. The van der Waals surface area contributed by atoms with Crippen LogP contribution in [-0.2, 0) is 0 Å². The second-order valence-corrected chi connectivity index (χ2v) is 5.95. The fourth-order valence-corrected chi connectivity index (χ4v) is 2.99. The van der Waals surface area contributed by atoms with Gasteiger partial charge in [0.1, 0.15) is 23.0 Å². The van der Waals surface area contributed by atoms with Crippen molar-refractivity contribution in [2.24, 2.45) is 0 Å². The largest absolute Gasteiger partial charge is 0.508 e. The molecule has 5 N–H and O–H groups in total. The van der Waals surface area contributed by atoms with Crippen LogP contribution in [0.25, 0.3) is 33.4 Å². The third-order valence-electron chi connectivity index (χ3n) is 4.28. The first kappa shape index (κ1) is 16.5. The van der Waals surface area contributed by atoms with E-state index in [1.807, 2.05) is 0 Å². The second kappa shape index (κ2) is 6.10. The molecule has 2 aromatic carbocycles. The molecular weight excluding hydrogens is 350 g/mol. The van der Waals surface area contributed by atoms with Crippen molar-refractivity contribution in [3.05, 3.63) is 52.8 Å². The van der Waals surface area contributed by atoms with Crippen molar-refractivity contribution in [1.82, 2.24) is 15.2 Å². The molecule has 0 bridgehead atoms. The molecule has 27 heavy (non-hydrogen) atoms. The number of nitrogens with zero attached hydrogens (tertiary/aromatic N) is 1. The Hall–Kier alpha value is -3.94. The van der Waals surface area contributed by atoms with E-state index in [4.69, 9.17) is 4.74 Å². The molecule has 4 rings (SSSR count). The standard InChI is InChI=1S/C19H15N3O5/c1-27-11-4-2-9(3-5-11)12-8-13-18(21-22-19(13)26)20-17(12)16-14(24)6-10(23)7-15(16)25/h2-8,23-25H,1H3,(H2,20,21,22,26). The first-order valence-corrected chi connectivity index (χ1v) is 7.99. The molecule has 0 fully saturated rings. The van der Waals surface area contributed by atoms with E-state index in [2.05, 4.69) is 15.2 Å². The number of hydrogen-bond donors (Lipinski definition) is 5. The minimum Gasteiger partial charge on any atom is -0.508 e. The van der Waals surface area contributed by atoms with Gasteiger partial charge in [0.05, 0.1) is 23.8 Å². The summed E-state index contributed by atoms with van der Waals surface area (Å²) in [6, 6.07) is 10.9. The van der Waals surface area contributed by atoms with Gasteiger partial charge in [0, 0.05) is 17.7 Å². The molecule has 0 aliphatic rings. The van der Waals surface area contributed by atoms with Gasteiger partial charge in [-0.1, -0.05) is 12.1 Å². The van der Waals surface area contributed by atoms with Crippen molar-refractivity contribution >= 4 is 11.0 Å². The van der Waals surface area contributed by atoms with E-state index < -0.39 is 0 Å². The summed E-state index contributed by atoms with van der Waals surface area (Å²) in [5, 5.41) is 35.6.